The number of amides is 2. The van der Waals surface area contributed by atoms with Gasteiger partial charge in [-0.15, -0.1) is 0 Å². The zero-order chi connectivity index (χ0) is 20.2. The summed E-state index contributed by atoms with van der Waals surface area (Å²) in [6.45, 7) is 14.8. The van der Waals surface area contributed by atoms with Gasteiger partial charge in [-0.1, -0.05) is 70.7 Å². The Hall–Kier alpha value is -2.68. The van der Waals surface area contributed by atoms with Crippen molar-refractivity contribution in [2.45, 2.75) is 46.5 Å². The molecule has 1 aromatic carbocycles. The maximum absolute atomic E-state index is 11.9. The zero-order valence-electron chi connectivity index (χ0n) is 17.0. The van der Waals surface area contributed by atoms with E-state index in [1.807, 2.05) is 37.3 Å². The van der Waals surface area contributed by atoms with Gasteiger partial charge in [0.05, 0.1) is 5.69 Å². The number of carbonyl (C=O) groups excluding carboxylic acids is 2. The Morgan fingerprint density at radius 3 is 2.07 bits per heavy atom. The Morgan fingerprint density at radius 1 is 1.04 bits per heavy atom. The van der Waals surface area contributed by atoms with Gasteiger partial charge in [-0.05, 0) is 47.4 Å². The fourth-order valence-electron chi connectivity index (χ4n) is 3.84. The molecule has 0 saturated heterocycles. The molecule has 1 heterocycles. The Bertz CT molecular complexity index is 802. The monoisotopic (exact) mass is 363 g/mol. The van der Waals surface area contributed by atoms with Gasteiger partial charge in [0.2, 0.25) is 0 Å². The molecule has 0 fully saturated rings. The van der Waals surface area contributed by atoms with Crippen LogP contribution in [0.4, 0.5) is 5.69 Å². The van der Waals surface area contributed by atoms with Crippen molar-refractivity contribution in [3.8, 4) is 0 Å². The van der Waals surface area contributed by atoms with Gasteiger partial charge in [-0.2, -0.15) is 0 Å². The highest BCUT2D eigenvalue weighted by atomic mass is 16.2. The van der Waals surface area contributed by atoms with Crippen LogP contribution in [-0.4, -0.2) is 11.8 Å². The summed E-state index contributed by atoms with van der Waals surface area (Å²) in [5.41, 5.74) is 2.90. The second kappa shape index (κ2) is 7.91. The van der Waals surface area contributed by atoms with Gasteiger partial charge in [0.1, 0.15) is 0 Å². The van der Waals surface area contributed by atoms with E-state index in [0.717, 1.165) is 6.42 Å². The maximum Gasteiger partial charge on any atom is 0.258 e. The average molecular weight is 364 g/mol. The second-order valence-corrected chi connectivity index (χ2v) is 8.19. The van der Waals surface area contributed by atoms with Crippen molar-refractivity contribution < 1.29 is 9.59 Å². The first-order valence-electron chi connectivity index (χ1n) is 9.25. The van der Waals surface area contributed by atoms with Crippen LogP contribution in [0, 0.1) is 5.41 Å². The van der Waals surface area contributed by atoms with Crippen LogP contribution in [0.1, 0.15) is 46.6 Å². The van der Waals surface area contributed by atoms with Crippen LogP contribution in [0.2, 0.25) is 0 Å². The lowest BCUT2D eigenvalue weighted by Gasteiger charge is -2.36. The van der Waals surface area contributed by atoms with Crippen molar-refractivity contribution >= 4 is 17.5 Å². The second-order valence-electron chi connectivity index (χ2n) is 8.19. The van der Waals surface area contributed by atoms with Crippen LogP contribution in [0.25, 0.3) is 0 Å². The van der Waals surface area contributed by atoms with Crippen LogP contribution in [-0.2, 0) is 15.0 Å². The predicted octanol–water partition coefficient (Wildman–Crippen LogP) is 5.50. The largest absolute Gasteiger partial charge is 0.269 e. The highest BCUT2D eigenvalue weighted by Crippen LogP contribution is 2.42. The van der Waals surface area contributed by atoms with Crippen molar-refractivity contribution in [3.63, 3.8) is 0 Å². The molecule has 1 aliphatic heterocycles. The summed E-state index contributed by atoms with van der Waals surface area (Å²) >= 11 is 0. The molecule has 1 aliphatic rings. The van der Waals surface area contributed by atoms with E-state index >= 15 is 0 Å². The lowest BCUT2D eigenvalue weighted by Crippen LogP contribution is -2.30. The van der Waals surface area contributed by atoms with E-state index in [0.29, 0.717) is 5.69 Å². The molecule has 0 unspecified atom stereocenters. The van der Waals surface area contributed by atoms with E-state index in [1.54, 1.807) is 0 Å². The maximum atomic E-state index is 11.9. The summed E-state index contributed by atoms with van der Waals surface area (Å²) in [6, 6.07) is 7.71. The third-order valence-electron chi connectivity index (χ3n) is 5.03. The van der Waals surface area contributed by atoms with E-state index in [2.05, 4.69) is 52.5 Å². The van der Waals surface area contributed by atoms with Crippen LogP contribution in [0.3, 0.4) is 0 Å². The number of rotatable bonds is 7. The number of allylic oxidation sites excluding steroid dienone is 5. The first-order chi connectivity index (χ1) is 12.6. The molecule has 0 N–H and O–H groups in total. The Kier molecular flexibility index (Phi) is 6.04. The van der Waals surface area contributed by atoms with Crippen LogP contribution >= 0.6 is 0 Å². The number of imide groups is 1. The van der Waals surface area contributed by atoms with E-state index < -0.39 is 0 Å². The van der Waals surface area contributed by atoms with Crippen LogP contribution < -0.4 is 4.90 Å². The van der Waals surface area contributed by atoms with Gasteiger partial charge >= 0.3 is 0 Å². The minimum Gasteiger partial charge on any atom is -0.269 e. The van der Waals surface area contributed by atoms with E-state index in [-0.39, 0.29) is 22.6 Å². The van der Waals surface area contributed by atoms with Crippen LogP contribution in [0.15, 0.2) is 72.9 Å². The number of anilines is 1. The molecule has 0 aromatic heterocycles. The quantitative estimate of drug-likeness (QED) is 0.474. The number of nitrogens with zero attached hydrogens (tertiary/aromatic N) is 1. The average Bonchev–Trinajstić information content (AvgIpc) is 2.92. The Morgan fingerprint density at radius 2 is 1.59 bits per heavy atom. The predicted molar refractivity (Wildman–Crippen MR) is 113 cm³/mol. The smallest absolute Gasteiger partial charge is 0.258 e. The number of hydrogen-bond acceptors (Lipinski definition) is 2. The Balaban J connectivity index is 2.26. The lowest BCUT2D eigenvalue weighted by atomic mass is 9.68. The molecule has 142 valence electrons. The summed E-state index contributed by atoms with van der Waals surface area (Å²) in [6.07, 6.45) is 11.6. The molecule has 2 rings (SSSR count). The summed E-state index contributed by atoms with van der Waals surface area (Å²) in [7, 11) is 0. The minimum atomic E-state index is -0.293. The van der Waals surface area contributed by atoms with Gasteiger partial charge in [-0.25, -0.2) is 4.90 Å². The molecule has 0 aliphatic carbocycles. The molecular formula is C24H29NO2. The van der Waals surface area contributed by atoms with Gasteiger partial charge in [-0.3, -0.25) is 9.59 Å². The molecular weight excluding hydrogens is 334 g/mol. The zero-order valence-corrected chi connectivity index (χ0v) is 17.0. The molecule has 3 nitrogen and oxygen atoms in total. The van der Waals surface area contributed by atoms with E-state index in [4.69, 9.17) is 0 Å². The molecule has 0 saturated carbocycles. The SMILES string of the molecule is C=C/C=C(\C=C/C)C(C)(C)CC(C)(C)c1ccc(N2C(=O)C=CC2=O)cc1. The fourth-order valence-corrected chi connectivity index (χ4v) is 3.84. The topological polar surface area (TPSA) is 37.4 Å². The molecule has 0 bridgehead atoms. The van der Waals surface area contributed by atoms with Crippen molar-refractivity contribution in [1.29, 1.82) is 0 Å². The number of hydrogen-bond donors (Lipinski definition) is 0. The van der Waals surface area contributed by atoms with Gasteiger partial charge in [0.25, 0.3) is 11.8 Å². The molecule has 3 heteroatoms. The Labute approximate surface area is 162 Å². The highest BCUT2D eigenvalue weighted by Gasteiger charge is 2.32. The van der Waals surface area contributed by atoms with E-state index in [9.17, 15) is 9.59 Å². The number of benzene rings is 1. The van der Waals surface area contributed by atoms with Gasteiger partial charge in [0, 0.05) is 12.2 Å². The summed E-state index contributed by atoms with van der Waals surface area (Å²) < 4.78 is 0. The minimum absolute atomic E-state index is 0.0341. The van der Waals surface area contributed by atoms with Crippen molar-refractivity contribution in [2.24, 2.45) is 5.41 Å². The van der Waals surface area contributed by atoms with E-state index in [1.165, 1.54) is 28.2 Å². The van der Waals surface area contributed by atoms with Crippen molar-refractivity contribution in [2.75, 3.05) is 4.90 Å². The first-order valence-corrected chi connectivity index (χ1v) is 9.25. The summed E-state index contributed by atoms with van der Waals surface area (Å²) in [5.74, 6) is -0.586. The van der Waals surface area contributed by atoms with Crippen molar-refractivity contribution in [1.82, 2.24) is 0 Å². The van der Waals surface area contributed by atoms with Gasteiger partial charge in [0.15, 0.2) is 0 Å². The third-order valence-corrected chi connectivity index (χ3v) is 5.03. The first kappa shape index (κ1) is 20.6. The molecule has 2 amide bonds. The van der Waals surface area contributed by atoms with Gasteiger partial charge < -0.3 is 0 Å². The molecule has 0 atom stereocenters. The van der Waals surface area contributed by atoms with Crippen LogP contribution in [0.5, 0.6) is 0 Å². The lowest BCUT2D eigenvalue weighted by molar-refractivity contribution is -0.119. The summed E-state index contributed by atoms with van der Waals surface area (Å²) in [5, 5.41) is 0. The third kappa shape index (κ3) is 4.54. The fraction of sp³-hybridized carbons (Fsp3) is 0.333. The molecule has 27 heavy (non-hydrogen) atoms. The number of carbonyl (C=O) groups is 2. The van der Waals surface area contributed by atoms with Crippen molar-refractivity contribution in [3.05, 3.63) is 78.4 Å². The highest BCUT2D eigenvalue weighted by molar-refractivity contribution is 6.28. The molecule has 1 aromatic rings. The molecule has 0 spiro atoms. The normalized spacial score (nSPS) is 15.9. The summed E-state index contributed by atoms with van der Waals surface area (Å²) in [4.78, 5) is 24.9. The standard InChI is InChI=1S/C24H29NO2/c1-7-9-18(10-8-2)23(3,4)17-24(5,6)19-11-13-20(14-12-19)25-21(26)15-16-22(25)27/h7-16H,1,17H2,2-6H3/b10-8-,18-9+. The molecule has 0 radical (unpaired) electrons.